The van der Waals surface area contributed by atoms with Crippen LogP contribution in [-0.4, -0.2) is 20.8 Å². The van der Waals surface area contributed by atoms with Crippen LogP contribution in [-0.2, 0) is 4.79 Å². The van der Waals surface area contributed by atoms with E-state index in [9.17, 15) is 9.18 Å². The first-order valence-corrected chi connectivity index (χ1v) is 8.54. The average Bonchev–Trinajstić information content (AvgIpc) is 2.98. The van der Waals surface area contributed by atoms with Crippen LogP contribution < -0.4 is 11.2 Å². The smallest absolute Gasteiger partial charge is 0.237 e. The van der Waals surface area contributed by atoms with E-state index in [2.05, 4.69) is 10.3 Å². The van der Waals surface area contributed by atoms with Gasteiger partial charge in [-0.25, -0.2) is 14.1 Å². The molecule has 128 valence electrons. The summed E-state index contributed by atoms with van der Waals surface area (Å²) in [4.78, 5) is 16.8. The number of imidazole rings is 1. The Morgan fingerprint density at radius 2 is 1.88 bits per heavy atom. The zero-order valence-electron chi connectivity index (χ0n) is 13.5. The Balaban J connectivity index is 1.68. The van der Waals surface area contributed by atoms with Crippen molar-refractivity contribution in [2.45, 2.75) is 17.3 Å². The molecule has 0 aliphatic rings. The van der Waals surface area contributed by atoms with E-state index in [0.717, 1.165) is 11.3 Å². The van der Waals surface area contributed by atoms with Crippen molar-refractivity contribution >= 4 is 23.4 Å². The standard InChI is InChI=1S/C18H17FN4OS/c1-12(17(24)21-15-9-7-14(19)8-10-15)25-18-22-16(11-23(18)20)13-5-3-2-4-6-13/h2-12H,20H2,1H3,(H,21,24)/t12-/m1/s1. The van der Waals surface area contributed by atoms with Crippen molar-refractivity contribution in [3.05, 3.63) is 66.6 Å². The van der Waals surface area contributed by atoms with Crippen molar-refractivity contribution in [3.63, 3.8) is 0 Å². The van der Waals surface area contributed by atoms with Crippen LogP contribution in [0.1, 0.15) is 6.92 Å². The Labute approximate surface area is 149 Å². The molecular formula is C18H17FN4OS. The molecule has 0 bridgehead atoms. The second-order valence-corrected chi connectivity index (χ2v) is 6.75. The van der Waals surface area contributed by atoms with Gasteiger partial charge in [0, 0.05) is 11.3 Å². The molecule has 0 unspecified atom stereocenters. The molecule has 0 fully saturated rings. The number of nitrogens with two attached hydrogens (primary N) is 1. The van der Waals surface area contributed by atoms with Crippen molar-refractivity contribution in [3.8, 4) is 11.3 Å². The van der Waals surface area contributed by atoms with E-state index in [0.29, 0.717) is 10.8 Å². The first-order valence-electron chi connectivity index (χ1n) is 7.66. The molecule has 1 amide bonds. The van der Waals surface area contributed by atoms with Crippen LogP contribution in [0.3, 0.4) is 0 Å². The maximum Gasteiger partial charge on any atom is 0.237 e. The molecule has 1 atom stereocenters. The van der Waals surface area contributed by atoms with Crippen LogP contribution in [0.4, 0.5) is 10.1 Å². The van der Waals surface area contributed by atoms with Crippen LogP contribution in [0.15, 0.2) is 66.0 Å². The van der Waals surface area contributed by atoms with Gasteiger partial charge in [0.1, 0.15) is 5.82 Å². The molecule has 0 aliphatic heterocycles. The summed E-state index contributed by atoms with van der Waals surface area (Å²) in [6.07, 6.45) is 1.72. The van der Waals surface area contributed by atoms with Gasteiger partial charge in [0.15, 0.2) is 5.16 Å². The van der Waals surface area contributed by atoms with Gasteiger partial charge in [0.05, 0.1) is 17.1 Å². The second kappa shape index (κ2) is 7.40. The molecular weight excluding hydrogens is 339 g/mol. The Hall–Kier alpha value is -2.80. The molecule has 5 nitrogen and oxygen atoms in total. The fourth-order valence-electron chi connectivity index (χ4n) is 2.20. The third-order valence-electron chi connectivity index (χ3n) is 3.53. The van der Waals surface area contributed by atoms with Gasteiger partial charge >= 0.3 is 0 Å². The summed E-state index contributed by atoms with van der Waals surface area (Å²) in [6.45, 7) is 1.76. The predicted molar refractivity (Wildman–Crippen MR) is 98.2 cm³/mol. The molecule has 3 rings (SSSR count). The summed E-state index contributed by atoms with van der Waals surface area (Å²) in [5.41, 5.74) is 2.24. The van der Waals surface area contributed by atoms with Gasteiger partial charge in [-0.3, -0.25) is 4.79 Å². The monoisotopic (exact) mass is 356 g/mol. The Bertz CT molecular complexity index is 865. The number of amides is 1. The minimum atomic E-state index is -0.418. The summed E-state index contributed by atoms with van der Waals surface area (Å²) >= 11 is 1.26. The summed E-state index contributed by atoms with van der Waals surface area (Å²) in [5, 5.41) is 2.87. The molecule has 1 aromatic heterocycles. The normalized spacial score (nSPS) is 11.9. The van der Waals surface area contributed by atoms with Crippen LogP contribution in [0.2, 0.25) is 0 Å². The number of carbonyl (C=O) groups is 1. The molecule has 2 aromatic carbocycles. The maximum absolute atomic E-state index is 12.9. The summed E-state index contributed by atoms with van der Waals surface area (Å²) in [7, 11) is 0. The molecule has 1 heterocycles. The number of aromatic nitrogens is 2. The number of nitrogens with one attached hydrogen (secondary N) is 1. The van der Waals surface area contributed by atoms with Gasteiger partial charge in [-0.1, -0.05) is 42.1 Å². The number of hydrogen-bond acceptors (Lipinski definition) is 4. The van der Waals surface area contributed by atoms with Crippen LogP contribution in [0, 0.1) is 5.82 Å². The first-order chi connectivity index (χ1) is 12.0. The Kier molecular flexibility index (Phi) is 5.04. The third kappa shape index (κ3) is 4.19. The van der Waals surface area contributed by atoms with E-state index in [1.165, 1.54) is 40.7 Å². The molecule has 3 N–H and O–H groups in total. The number of carbonyl (C=O) groups excluding carboxylic acids is 1. The molecule has 3 aromatic rings. The van der Waals surface area contributed by atoms with E-state index < -0.39 is 5.25 Å². The van der Waals surface area contributed by atoms with Crippen molar-refractivity contribution < 1.29 is 9.18 Å². The van der Waals surface area contributed by atoms with Gasteiger partial charge in [0.25, 0.3) is 0 Å². The minimum absolute atomic E-state index is 0.208. The number of hydrogen-bond donors (Lipinski definition) is 2. The highest BCUT2D eigenvalue weighted by molar-refractivity contribution is 8.00. The summed E-state index contributed by atoms with van der Waals surface area (Å²) in [6, 6.07) is 15.3. The van der Waals surface area contributed by atoms with Crippen molar-refractivity contribution in [1.82, 2.24) is 9.66 Å². The Morgan fingerprint density at radius 1 is 1.20 bits per heavy atom. The largest absolute Gasteiger partial charge is 0.337 e. The zero-order chi connectivity index (χ0) is 17.8. The van der Waals surface area contributed by atoms with Gasteiger partial charge in [-0.2, -0.15) is 0 Å². The molecule has 25 heavy (non-hydrogen) atoms. The lowest BCUT2D eigenvalue weighted by molar-refractivity contribution is -0.115. The second-order valence-electron chi connectivity index (χ2n) is 5.44. The number of nitrogens with zero attached hydrogens (tertiary/aromatic N) is 2. The number of anilines is 1. The van der Waals surface area contributed by atoms with Gasteiger partial charge in [0.2, 0.25) is 5.91 Å². The highest BCUT2D eigenvalue weighted by Gasteiger charge is 2.18. The lowest BCUT2D eigenvalue weighted by Crippen LogP contribution is -2.23. The van der Waals surface area contributed by atoms with Crippen molar-refractivity contribution in [2.24, 2.45) is 0 Å². The average molecular weight is 356 g/mol. The predicted octanol–water partition coefficient (Wildman–Crippen LogP) is 3.52. The lowest BCUT2D eigenvalue weighted by atomic mass is 10.2. The van der Waals surface area contributed by atoms with Gasteiger partial charge < -0.3 is 11.2 Å². The molecule has 7 heteroatoms. The van der Waals surface area contributed by atoms with Gasteiger partial charge in [-0.05, 0) is 31.2 Å². The van der Waals surface area contributed by atoms with Crippen molar-refractivity contribution in [2.75, 3.05) is 11.2 Å². The summed E-state index contributed by atoms with van der Waals surface area (Å²) in [5.74, 6) is 5.40. The van der Waals surface area contributed by atoms with Crippen LogP contribution >= 0.6 is 11.8 Å². The quantitative estimate of drug-likeness (QED) is 0.542. The number of rotatable bonds is 5. The number of benzene rings is 2. The minimum Gasteiger partial charge on any atom is -0.337 e. The first kappa shape index (κ1) is 17.0. The van der Waals surface area contributed by atoms with Crippen LogP contribution in [0.5, 0.6) is 0 Å². The molecule has 0 aliphatic carbocycles. The maximum atomic E-state index is 12.9. The molecule has 0 saturated heterocycles. The van der Waals surface area contributed by atoms with E-state index in [-0.39, 0.29) is 11.7 Å². The zero-order valence-corrected chi connectivity index (χ0v) is 14.3. The van der Waals surface area contributed by atoms with Crippen molar-refractivity contribution in [1.29, 1.82) is 0 Å². The van der Waals surface area contributed by atoms with E-state index in [4.69, 9.17) is 5.84 Å². The third-order valence-corrected chi connectivity index (χ3v) is 4.61. The fourth-order valence-corrected chi connectivity index (χ4v) is 3.01. The highest BCUT2D eigenvalue weighted by atomic mass is 32.2. The lowest BCUT2D eigenvalue weighted by Gasteiger charge is -2.11. The van der Waals surface area contributed by atoms with Gasteiger partial charge in [-0.15, -0.1) is 0 Å². The summed E-state index contributed by atoms with van der Waals surface area (Å²) < 4.78 is 14.3. The SMILES string of the molecule is C[C@@H](Sc1nc(-c2ccccc2)cn1N)C(=O)Nc1ccc(F)cc1. The number of thioether (sulfide) groups is 1. The highest BCUT2D eigenvalue weighted by Crippen LogP contribution is 2.26. The van der Waals surface area contributed by atoms with E-state index >= 15 is 0 Å². The van der Waals surface area contributed by atoms with E-state index in [1.54, 1.807) is 13.1 Å². The molecule has 0 radical (unpaired) electrons. The molecule has 0 saturated carbocycles. The van der Waals surface area contributed by atoms with E-state index in [1.807, 2.05) is 30.3 Å². The Morgan fingerprint density at radius 3 is 2.56 bits per heavy atom. The number of nitrogen functional groups attached to an aromatic ring is 1. The molecule has 0 spiro atoms. The fraction of sp³-hybridized carbons (Fsp3) is 0.111. The number of halogens is 1. The topological polar surface area (TPSA) is 72.9 Å². The van der Waals surface area contributed by atoms with Crippen LogP contribution in [0.25, 0.3) is 11.3 Å².